The van der Waals surface area contributed by atoms with Crippen molar-refractivity contribution < 1.29 is 28.7 Å². The maximum atomic E-state index is 14.2. The Morgan fingerprint density at radius 2 is 1.69 bits per heavy atom. The van der Waals surface area contributed by atoms with E-state index in [4.69, 9.17) is 9.47 Å². The van der Waals surface area contributed by atoms with Crippen LogP contribution in [0, 0.1) is 5.92 Å². The van der Waals surface area contributed by atoms with Gasteiger partial charge in [-0.05, 0) is 94.8 Å². The maximum absolute atomic E-state index is 14.2. The van der Waals surface area contributed by atoms with Crippen LogP contribution in [0.2, 0.25) is 0 Å². The highest BCUT2D eigenvalue weighted by molar-refractivity contribution is 5.98. The molecule has 0 saturated carbocycles. The number of hydrogen-bond acceptors (Lipinski definition) is 9. The van der Waals surface area contributed by atoms with Gasteiger partial charge in [0, 0.05) is 36.7 Å². The van der Waals surface area contributed by atoms with Gasteiger partial charge in [-0.1, -0.05) is 38.1 Å². The van der Waals surface area contributed by atoms with E-state index in [1.807, 2.05) is 38.1 Å². The summed E-state index contributed by atoms with van der Waals surface area (Å²) in [6.07, 6.45) is 3.33. The molecule has 2 heterocycles. The quantitative estimate of drug-likeness (QED) is 0.237. The number of fused-ring (bicyclic) bond motifs is 2. The highest BCUT2D eigenvalue weighted by Crippen LogP contribution is 2.22. The average Bonchev–Trinajstić information content (AvgIpc) is 3.65. The van der Waals surface area contributed by atoms with E-state index in [2.05, 4.69) is 31.5 Å². The summed E-state index contributed by atoms with van der Waals surface area (Å²) in [5, 5.41) is 20.2. The van der Waals surface area contributed by atoms with Crippen LogP contribution in [0.1, 0.15) is 64.1 Å². The largest absolute Gasteiger partial charge is 0.497 e. The van der Waals surface area contributed by atoms with Gasteiger partial charge in [-0.15, -0.1) is 5.10 Å². The number of rotatable bonds is 9. The Labute approximate surface area is 303 Å². The molecule has 4 aromatic rings. The molecular weight excluding hydrogens is 664 g/mol. The fraction of sp³-hybridized carbons (Fsp3) is 0.395. The standard InChI is InChI=1S/C38H46N8O6/c1-25(2)18-31-22-45(38(50)28-11-7-27(8-12-28)21-46-24-40-43-44-46)23-35(47)39-17-5-6-29-20-30(13-16-34(29)52-4)36(48)42-33(37(49)41-31)19-26-9-14-32(51-3)15-10-26/h7-16,20,24-25,31,33H,5-6,17-19,21-23H2,1-4H3,(H,39,47)(H,41,49)(H,42,48)/t31-,33-/m0/s1. The van der Waals surface area contributed by atoms with Crippen molar-refractivity contribution >= 4 is 23.6 Å². The van der Waals surface area contributed by atoms with E-state index in [0.717, 1.165) is 16.7 Å². The third kappa shape index (κ3) is 10.4. The van der Waals surface area contributed by atoms with Crippen LogP contribution >= 0.6 is 0 Å². The minimum Gasteiger partial charge on any atom is -0.497 e. The molecule has 1 aliphatic rings. The van der Waals surface area contributed by atoms with Crippen LogP contribution in [-0.2, 0) is 29.0 Å². The minimum absolute atomic E-state index is 0.0731. The summed E-state index contributed by atoms with van der Waals surface area (Å²) < 4.78 is 12.4. The van der Waals surface area contributed by atoms with Crippen molar-refractivity contribution in [1.82, 2.24) is 41.1 Å². The molecule has 3 aromatic carbocycles. The van der Waals surface area contributed by atoms with Gasteiger partial charge in [0.15, 0.2) is 0 Å². The summed E-state index contributed by atoms with van der Waals surface area (Å²) in [6.45, 7) is 4.69. The van der Waals surface area contributed by atoms with Gasteiger partial charge in [0.1, 0.15) is 23.9 Å². The number of aromatic nitrogens is 4. The van der Waals surface area contributed by atoms with Crippen LogP contribution in [0.25, 0.3) is 0 Å². The Balaban J connectivity index is 1.45. The van der Waals surface area contributed by atoms with Gasteiger partial charge < -0.3 is 30.3 Å². The van der Waals surface area contributed by atoms with E-state index in [9.17, 15) is 19.2 Å². The first-order valence-corrected chi connectivity index (χ1v) is 17.4. The predicted octanol–water partition coefficient (Wildman–Crippen LogP) is 2.82. The molecule has 1 aromatic heterocycles. The highest BCUT2D eigenvalue weighted by Gasteiger charge is 2.29. The summed E-state index contributed by atoms with van der Waals surface area (Å²) in [6, 6.07) is 18.0. The minimum atomic E-state index is -0.947. The van der Waals surface area contributed by atoms with Crippen molar-refractivity contribution in [2.45, 2.75) is 58.2 Å². The average molecular weight is 711 g/mol. The van der Waals surface area contributed by atoms with Gasteiger partial charge in [0.25, 0.3) is 11.8 Å². The summed E-state index contributed by atoms with van der Waals surface area (Å²) in [5.41, 5.74) is 3.28. The maximum Gasteiger partial charge on any atom is 0.254 e. The van der Waals surface area contributed by atoms with E-state index in [1.165, 1.54) is 11.2 Å². The number of methoxy groups -OCH3 is 2. The highest BCUT2D eigenvalue weighted by atomic mass is 16.5. The molecule has 4 amide bonds. The number of hydrogen-bond donors (Lipinski definition) is 3. The zero-order chi connectivity index (χ0) is 37.0. The number of aryl methyl sites for hydroxylation is 1. The SMILES string of the molecule is COc1ccc(C[C@@H]2NC(=O)c3ccc(OC)c(c3)CCCNC(=O)CN(C(=O)c3ccc(Cn4cnnn4)cc3)C[C@H](CC(C)C)NC2=O)cc1. The number of carbonyl (C=O) groups excluding carboxylic acids is 4. The van der Waals surface area contributed by atoms with Crippen LogP contribution in [0.5, 0.6) is 11.5 Å². The molecule has 0 unspecified atom stereocenters. The number of nitrogens with one attached hydrogen (secondary N) is 3. The summed E-state index contributed by atoms with van der Waals surface area (Å²) in [5.74, 6) is -0.0578. The lowest BCUT2D eigenvalue weighted by Crippen LogP contribution is -2.54. The van der Waals surface area contributed by atoms with Crippen molar-refractivity contribution in [3.8, 4) is 11.5 Å². The second-order valence-electron chi connectivity index (χ2n) is 13.3. The van der Waals surface area contributed by atoms with Crippen molar-refractivity contribution in [2.75, 3.05) is 33.9 Å². The van der Waals surface area contributed by atoms with Gasteiger partial charge in [0.2, 0.25) is 11.8 Å². The molecule has 1 aliphatic heterocycles. The molecule has 274 valence electrons. The normalized spacial score (nSPS) is 17.5. The zero-order valence-electron chi connectivity index (χ0n) is 30.0. The third-order valence-corrected chi connectivity index (χ3v) is 8.81. The Morgan fingerprint density at radius 3 is 2.37 bits per heavy atom. The Kier molecular flexibility index (Phi) is 12.9. The van der Waals surface area contributed by atoms with E-state index in [0.29, 0.717) is 55.0 Å². The van der Waals surface area contributed by atoms with Crippen LogP contribution < -0.4 is 25.4 Å². The number of ether oxygens (including phenoxy) is 2. The predicted molar refractivity (Wildman–Crippen MR) is 193 cm³/mol. The molecule has 0 fully saturated rings. The first-order valence-electron chi connectivity index (χ1n) is 17.4. The van der Waals surface area contributed by atoms with Gasteiger partial charge in [-0.25, -0.2) is 4.68 Å². The van der Waals surface area contributed by atoms with E-state index < -0.39 is 23.9 Å². The number of nitrogens with zero attached hydrogens (tertiary/aromatic N) is 5. The zero-order valence-corrected chi connectivity index (χ0v) is 30.0. The Bertz CT molecular complexity index is 1810. The Hall–Kier alpha value is -5.79. The molecule has 0 saturated heterocycles. The summed E-state index contributed by atoms with van der Waals surface area (Å²) in [4.78, 5) is 56.8. The fourth-order valence-electron chi connectivity index (χ4n) is 6.21. The first-order chi connectivity index (χ1) is 25.1. The van der Waals surface area contributed by atoms with Crippen LogP contribution in [0.3, 0.4) is 0 Å². The number of amides is 4. The smallest absolute Gasteiger partial charge is 0.254 e. The molecule has 14 heteroatoms. The lowest BCUT2D eigenvalue weighted by atomic mass is 10.00. The molecule has 52 heavy (non-hydrogen) atoms. The lowest BCUT2D eigenvalue weighted by molar-refractivity contribution is -0.123. The second kappa shape index (κ2) is 17.9. The number of benzene rings is 3. The molecule has 0 aliphatic carbocycles. The van der Waals surface area contributed by atoms with E-state index in [1.54, 1.807) is 61.4 Å². The molecule has 0 radical (unpaired) electrons. The van der Waals surface area contributed by atoms with Gasteiger partial charge in [-0.2, -0.15) is 0 Å². The Morgan fingerprint density at radius 1 is 0.942 bits per heavy atom. The topological polar surface area (TPSA) is 170 Å². The van der Waals surface area contributed by atoms with Crippen molar-refractivity contribution in [2.24, 2.45) is 5.92 Å². The second-order valence-corrected chi connectivity index (χ2v) is 13.3. The van der Waals surface area contributed by atoms with Crippen molar-refractivity contribution in [3.05, 3.63) is 101 Å². The molecule has 0 spiro atoms. The van der Waals surface area contributed by atoms with Gasteiger partial charge in [0.05, 0.1) is 27.3 Å². The summed E-state index contributed by atoms with van der Waals surface area (Å²) in [7, 11) is 3.14. The summed E-state index contributed by atoms with van der Waals surface area (Å²) >= 11 is 0. The third-order valence-electron chi connectivity index (χ3n) is 8.81. The van der Waals surface area contributed by atoms with Crippen molar-refractivity contribution in [1.29, 1.82) is 0 Å². The van der Waals surface area contributed by atoms with Crippen LogP contribution in [0.4, 0.5) is 0 Å². The number of tetrazole rings is 1. The molecular formula is C38H46N8O6. The first kappa shape index (κ1) is 37.5. The van der Waals surface area contributed by atoms with Gasteiger partial charge in [-0.3, -0.25) is 19.2 Å². The van der Waals surface area contributed by atoms with E-state index >= 15 is 0 Å². The van der Waals surface area contributed by atoms with Crippen LogP contribution in [0.15, 0.2) is 73.1 Å². The molecule has 5 rings (SSSR count). The molecule has 2 bridgehead atoms. The fourth-order valence-corrected chi connectivity index (χ4v) is 6.21. The monoisotopic (exact) mass is 710 g/mol. The van der Waals surface area contributed by atoms with Crippen LogP contribution in [-0.4, -0.2) is 94.7 Å². The van der Waals surface area contributed by atoms with Gasteiger partial charge >= 0.3 is 0 Å². The molecule has 3 N–H and O–H groups in total. The molecule has 14 nitrogen and oxygen atoms in total. The van der Waals surface area contributed by atoms with Crippen molar-refractivity contribution in [3.63, 3.8) is 0 Å². The molecule has 2 atom stereocenters. The lowest BCUT2D eigenvalue weighted by Gasteiger charge is -2.30. The number of carbonyl (C=O) groups is 4. The van der Waals surface area contributed by atoms with E-state index in [-0.39, 0.29) is 37.2 Å².